The third-order valence-corrected chi connectivity index (χ3v) is 4.91. The number of carbonyl (C=O) groups excluding carboxylic acids is 1. The summed E-state index contributed by atoms with van der Waals surface area (Å²) in [6, 6.07) is 1.05. The molecule has 2 rings (SSSR count). The van der Waals surface area contributed by atoms with E-state index in [4.69, 9.17) is 0 Å². The van der Waals surface area contributed by atoms with Gasteiger partial charge in [0.25, 0.3) is 11.6 Å². The van der Waals surface area contributed by atoms with Crippen molar-refractivity contribution < 1.29 is 18.5 Å². The Balaban J connectivity index is 2.35. The Kier molecular flexibility index (Phi) is 4.55. The van der Waals surface area contributed by atoms with Crippen LogP contribution in [0.1, 0.15) is 23.7 Å². The normalized spacial score (nSPS) is 22.2. The van der Waals surface area contributed by atoms with E-state index in [0.29, 0.717) is 31.6 Å². The predicted octanol–water partition coefficient (Wildman–Crippen LogP) is 3.12. The monoisotopic (exact) mass is 362 g/mol. The molecule has 1 aliphatic rings. The number of nitrogens with zero attached hydrogens (tertiary/aromatic N) is 2. The Morgan fingerprint density at radius 2 is 2.05 bits per heavy atom. The van der Waals surface area contributed by atoms with Gasteiger partial charge in [-0.25, -0.2) is 8.78 Å². The van der Waals surface area contributed by atoms with Crippen molar-refractivity contribution in [3.8, 4) is 0 Å². The van der Waals surface area contributed by atoms with E-state index in [9.17, 15) is 23.7 Å². The molecule has 1 aromatic carbocycles. The SMILES string of the molecule is CC1CN(C(=O)c2cc(F)c(F)cc2[N+](=O)[O-])CCC1Br. The highest BCUT2D eigenvalue weighted by Crippen LogP contribution is 2.28. The summed E-state index contributed by atoms with van der Waals surface area (Å²) < 4.78 is 26.4. The lowest BCUT2D eigenvalue weighted by molar-refractivity contribution is -0.385. The average molecular weight is 363 g/mol. The summed E-state index contributed by atoms with van der Waals surface area (Å²) in [4.78, 5) is 24.1. The minimum Gasteiger partial charge on any atom is -0.338 e. The van der Waals surface area contributed by atoms with Crippen LogP contribution in [0.25, 0.3) is 0 Å². The van der Waals surface area contributed by atoms with Gasteiger partial charge < -0.3 is 4.90 Å². The molecule has 0 radical (unpaired) electrons. The molecule has 114 valence electrons. The second-order valence-corrected chi connectivity index (χ2v) is 6.25. The number of benzene rings is 1. The molecule has 5 nitrogen and oxygen atoms in total. The van der Waals surface area contributed by atoms with Crippen LogP contribution in [0.15, 0.2) is 12.1 Å². The number of likely N-dealkylation sites (tertiary alicyclic amines) is 1. The molecule has 1 amide bonds. The van der Waals surface area contributed by atoms with Crippen molar-refractivity contribution >= 4 is 27.5 Å². The van der Waals surface area contributed by atoms with E-state index in [1.165, 1.54) is 4.90 Å². The van der Waals surface area contributed by atoms with Gasteiger partial charge in [-0.15, -0.1) is 0 Å². The van der Waals surface area contributed by atoms with Crippen LogP contribution in [-0.2, 0) is 0 Å². The Morgan fingerprint density at radius 1 is 1.43 bits per heavy atom. The molecule has 2 atom stereocenters. The molecule has 21 heavy (non-hydrogen) atoms. The number of halogens is 3. The van der Waals surface area contributed by atoms with Gasteiger partial charge in [0.05, 0.1) is 11.0 Å². The first-order chi connectivity index (χ1) is 9.81. The summed E-state index contributed by atoms with van der Waals surface area (Å²) in [6.07, 6.45) is 0.699. The van der Waals surface area contributed by atoms with E-state index in [1.54, 1.807) is 0 Å². The quantitative estimate of drug-likeness (QED) is 0.461. The lowest BCUT2D eigenvalue weighted by atomic mass is 9.99. The lowest BCUT2D eigenvalue weighted by Crippen LogP contribution is -2.43. The number of rotatable bonds is 2. The molecule has 0 N–H and O–H groups in total. The minimum atomic E-state index is -1.34. The summed E-state index contributed by atoms with van der Waals surface area (Å²) in [6.45, 7) is 2.76. The summed E-state index contributed by atoms with van der Waals surface area (Å²) >= 11 is 3.49. The maximum atomic E-state index is 13.3. The second-order valence-electron chi connectivity index (χ2n) is 5.07. The highest BCUT2D eigenvalue weighted by Gasteiger charge is 2.32. The number of nitro groups is 1. The molecular formula is C13H13BrF2N2O3. The summed E-state index contributed by atoms with van der Waals surface area (Å²) in [7, 11) is 0. The van der Waals surface area contributed by atoms with Crippen molar-refractivity contribution in [3.05, 3.63) is 39.4 Å². The number of alkyl halides is 1. The summed E-state index contributed by atoms with van der Waals surface area (Å²) in [5.74, 6) is -3.09. The van der Waals surface area contributed by atoms with Crippen LogP contribution in [0.3, 0.4) is 0 Å². The number of carbonyl (C=O) groups is 1. The molecular weight excluding hydrogens is 350 g/mol. The average Bonchev–Trinajstić information content (AvgIpc) is 2.43. The van der Waals surface area contributed by atoms with Gasteiger partial charge >= 0.3 is 0 Å². The maximum Gasteiger partial charge on any atom is 0.285 e. The molecule has 1 aliphatic heterocycles. The molecule has 0 aliphatic carbocycles. The van der Waals surface area contributed by atoms with Gasteiger partial charge in [0.15, 0.2) is 11.6 Å². The third kappa shape index (κ3) is 3.20. The Morgan fingerprint density at radius 3 is 2.62 bits per heavy atom. The molecule has 1 fully saturated rings. The number of nitro benzene ring substituents is 1. The number of amides is 1. The van der Waals surface area contributed by atoms with Gasteiger partial charge in [0.1, 0.15) is 5.56 Å². The van der Waals surface area contributed by atoms with Gasteiger partial charge in [-0.2, -0.15) is 0 Å². The molecule has 0 saturated carbocycles. The first kappa shape index (κ1) is 15.8. The topological polar surface area (TPSA) is 63.5 Å². The fourth-order valence-corrected chi connectivity index (χ4v) is 2.70. The van der Waals surface area contributed by atoms with E-state index in [2.05, 4.69) is 15.9 Å². The number of piperidine rings is 1. The molecule has 8 heteroatoms. The zero-order valence-corrected chi connectivity index (χ0v) is 12.8. The van der Waals surface area contributed by atoms with Crippen molar-refractivity contribution in [2.45, 2.75) is 18.2 Å². The van der Waals surface area contributed by atoms with Crippen molar-refractivity contribution in [2.75, 3.05) is 13.1 Å². The molecule has 0 spiro atoms. The first-order valence-electron chi connectivity index (χ1n) is 6.38. The molecule has 1 saturated heterocycles. The number of hydrogen-bond donors (Lipinski definition) is 0. The smallest absolute Gasteiger partial charge is 0.285 e. The van der Waals surface area contributed by atoms with Gasteiger partial charge in [-0.3, -0.25) is 14.9 Å². The van der Waals surface area contributed by atoms with Crippen LogP contribution in [0.4, 0.5) is 14.5 Å². The molecule has 1 aromatic rings. The van der Waals surface area contributed by atoms with E-state index < -0.39 is 33.7 Å². The van der Waals surface area contributed by atoms with E-state index >= 15 is 0 Å². The fourth-order valence-electron chi connectivity index (χ4n) is 2.33. The van der Waals surface area contributed by atoms with Crippen LogP contribution in [0, 0.1) is 27.7 Å². The standard InChI is InChI=1S/C13H13BrF2N2O3/c1-7-6-17(3-2-9(7)14)13(19)8-4-10(15)11(16)5-12(8)18(20)21/h4-5,7,9H,2-3,6H2,1H3. The van der Waals surface area contributed by atoms with Crippen molar-refractivity contribution in [2.24, 2.45) is 5.92 Å². The molecule has 2 unspecified atom stereocenters. The highest BCUT2D eigenvalue weighted by atomic mass is 79.9. The fraction of sp³-hybridized carbons (Fsp3) is 0.462. The van der Waals surface area contributed by atoms with E-state index in [0.717, 1.165) is 0 Å². The van der Waals surface area contributed by atoms with Crippen LogP contribution in [-0.4, -0.2) is 33.6 Å². The van der Waals surface area contributed by atoms with Gasteiger partial charge in [0, 0.05) is 17.9 Å². The van der Waals surface area contributed by atoms with Crippen molar-refractivity contribution in [1.82, 2.24) is 4.90 Å². The van der Waals surface area contributed by atoms with Crippen molar-refractivity contribution in [1.29, 1.82) is 0 Å². The minimum absolute atomic E-state index is 0.173. The first-order valence-corrected chi connectivity index (χ1v) is 7.29. The van der Waals surface area contributed by atoms with Crippen LogP contribution in [0.2, 0.25) is 0 Å². The Bertz CT molecular complexity index is 597. The van der Waals surface area contributed by atoms with Crippen molar-refractivity contribution in [3.63, 3.8) is 0 Å². The summed E-state index contributed by atoms with van der Waals surface area (Å²) in [5, 5.41) is 10.9. The van der Waals surface area contributed by atoms with Crippen LogP contribution >= 0.6 is 15.9 Å². The van der Waals surface area contributed by atoms with Crippen LogP contribution in [0.5, 0.6) is 0 Å². The second kappa shape index (κ2) is 6.05. The molecule has 0 aromatic heterocycles. The van der Waals surface area contributed by atoms with E-state index in [-0.39, 0.29) is 10.7 Å². The maximum absolute atomic E-state index is 13.3. The van der Waals surface area contributed by atoms with Gasteiger partial charge in [-0.05, 0) is 18.4 Å². The molecule has 1 heterocycles. The largest absolute Gasteiger partial charge is 0.338 e. The highest BCUT2D eigenvalue weighted by molar-refractivity contribution is 9.09. The third-order valence-electron chi connectivity index (χ3n) is 3.55. The molecule has 0 bridgehead atoms. The van der Waals surface area contributed by atoms with Crippen LogP contribution < -0.4 is 0 Å². The van der Waals surface area contributed by atoms with Gasteiger partial charge in [0.2, 0.25) is 0 Å². The lowest BCUT2D eigenvalue weighted by Gasteiger charge is -2.34. The Hall–Kier alpha value is -1.57. The zero-order valence-electron chi connectivity index (χ0n) is 11.2. The predicted molar refractivity (Wildman–Crippen MR) is 75.4 cm³/mol. The summed E-state index contributed by atoms with van der Waals surface area (Å²) in [5.41, 5.74) is -1.13. The zero-order chi connectivity index (χ0) is 15.7. The van der Waals surface area contributed by atoms with Gasteiger partial charge in [-0.1, -0.05) is 22.9 Å². The Labute approximate surface area is 128 Å². The number of hydrogen-bond acceptors (Lipinski definition) is 3. The van der Waals surface area contributed by atoms with E-state index in [1.807, 2.05) is 6.92 Å².